The molecule has 0 radical (unpaired) electrons. The fraction of sp³-hybridized carbons (Fsp3) is 0.429. The summed E-state index contributed by atoms with van der Waals surface area (Å²) in [5.74, 6) is -0.279. The third kappa shape index (κ3) is 1.68. The highest BCUT2D eigenvalue weighted by atomic mass is 19.1. The van der Waals surface area contributed by atoms with E-state index in [2.05, 4.69) is 14.7 Å². The fourth-order valence-corrected chi connectivity index (χ4v) is 0.640. The van der Waals surface area contributed by atoms with Gasteiger partial charge in [-0.3, -0.25) is 0 Å². The number of rotatable bonds is 2. The molecule has 0 aliphatic rings. The smallest absolute Gasteiger partial charge is 0.286 e. The van der Waals surface area contributed by atoms with Gasteiger partial charge in [-0.05, 0) is 19.4 Å². The first kappa shape index (κ1) is 8.86. The molecule has 0 bridgehead atoms. The Morgan fingerprint density at radius 1 is 1.58 bits per heavy atom. The standard InChI is InChI=1S/C7H10FN3O/c1-4(2)6(8)7-10-5(3-9)11-12-7/h3,9H2,1-2H3. The summed E-state index contributed by atoms with van der Waals surface area (Å²) in [5, 5.41) is 3.45. The summed E-state index contributed by atoms with van der Waals surface area (Å²) in [7, 11) is 0. The summed E-state index contributed by atoms with van der Waals surface area (Å²) < 4.78 is 17.7. The van der Waals surface area contributed by atoms with Gasteiger partial charge in [0.15, 0.2) is 11.7 Å². The van der Waals surface area contributed by atoms with E-state index in [-0.39, 0.29) is 12.4 Å². The maximum atomic E-state index is 13.1. The topological polar surface area (TPSA) is 64.9 Å². The van der Waals surface area contributed by atoms with Crippen LogP contribution in [0.25, 0.3) is 5.83 Å². The van der Waals surface area contributed by atoms with Gasteiger partial charge in [-0.2, -0.15) is 4.98 Å². The molecule has 2 N–H and O–H groups in total. The van der Waals surface area contributed by atoms with Gasteiger partial charge in [-0.25, -0.2) is 4.39 Å². The highest BCUT2D eigenvalue weighted by Crippen LogP contribution is 2.17. The summed E-state index contributed by atoms with van der Waals surface area (Å²) in [6.07, 6.45) is 0. The maximum absolute atomic E-state index is 13.1. The molecule has 4 nitrogen and oxygen atoms in total. The largest absolute Gasteiger partial charge is 0.331 e. The Balaban J connectivity index is 2.97. The molecule has 0 atom stereocenters. The van der Waals surface area contributed by atoms with Gasteiger partial charge in [0.1, 0.15) is 0 Å². The van der Waals surface area contributed by atoms with E-state index in [4.69, 9.17) is 5.73 Å². The van der Waals surface area contributed by atoms with Crippen molar-refractivity contribution in [2.24, 2.45) is 5.73 Å². The average Bonchev–Trinajstić information content (AvgIpc) is 2.50. The Kier molecular flexibility index (Phi) is 2.54. The summed E-state index contributed by atoms with van der Waals surface area (Å²) in [5.41, 5.74) is 5.72. The lowest BCUT2D eigenvalue weighted by molar-refractivity contribution is 0.391. The quantitative estimate of drug-likeness (QED) is 0.727. The van der Waals surface area contributed by atoms with E-state index in [0.29, 0.717) is 11.4 Å². The van der Waals surface area contributed by atoms with E-state index in [0.717, 1.165) is 0 Å². The molecule has 0 fully saturated rings. The molecule has 1 aromatic rings. The molecule has 0 saturated heterocycles. The number of hydrogen-bond donors (Lipinski definition) is 1. The van der Waals surface area contributed by atoms with Gasteiger partial charge < -0.3 is 10.3 Å². The lowest BCUT2D eigenvalue weighted by atomic mass is 10.3. The van der Waals surface area contributed by atoms with Gasteiger partial charge in [0.05, 0.1) is 6.54 Å². The van der Waals surface area contributed by atoms with Crippen LogP contribution in [0.15, 0.2) is 10.1 Å². The number of aromatic nitrogens is 2. The van der Waals surface area contributed by atoms with Crippen LogP contribution in [0.1, 0.15) is 25.6 Å². The molecule has 0 amide bonds. The van der Waals surface area contributed by atoms with Crippen molar-refractivity contribution in [3.8, 4) is 0 Å². The van der Waals surface area contributed by atoms with E-state index >= 15 is 0 Å². The van der Waals surface area contributed by atoms with Crippen molar-refractivity contribution in [1.82, 2.24) is 10.1 Å². The Bertz CT molecular complexity index is 301. The van der Waals surface area contributed by atoms with Gasteiger partial charge in [0, 0.05) is 0 Å². The molecular weight excluding hydrogens is 161 g/mol. The van der Waals surface area contributed by atoms with Crippen LogP contribution in [0, 0.1) is 0 Å². The van der Waals surface area contributed by atoms with E-state index in [1.807, 2.05) is 0 Å². The zero-order valence-electron chi connectivity index (χ0n) is 6.97. The van der Waals surface area contributed by atoms with Crippen LogP contribution < -0.4 is 5.73 Å². The first-order valence-electron chi connectivity index (χ1n) is 3.51. The molecule has 0 aliphatic heterocycles. The van der Waals surface area contributed by atoms with E-state index in [9.17, 15) is 4.39 Å². The summed E-state index contributed by atoms with van der Waals surface area (Å²) in [6.45, 7) is 3.41. The minimum atomic E-state index is -0.484. The molecule has 1 heterocycles. The highest BCUT2D eigenvalue weighted by molar-refractivity contribution is 5.53. The van der Waals surface area contributed by atoms with E-state index in [1.54, 1.807) is 13.8 Å². The van der Waals surface area contributed by atoms with Gasteiger partial charge in [-0.1, -0.05) is 5.16 Å². The van der Waals surface area contributed by atoms with Crippen LogP contribution in [0.4, 0.5) is 4.39 Å². The SMILES string of the molecule is CC(C)=C(F)c1nc(CN)no1. The molecule has 0 aromatic carbocycles. The molecule has 1 aromatic heterocycles. The average molecular weight is 171 g/mol. The molecule has 0 aliphatic carbocycles. The lowest BCUT2D eigenvalue weighted by Crippen LogP contribution is -1.98. The number of allylic oxidation sites excluding steroid dienone is 1. The second-order valence-corrected chi connectivity index (χ2v) is 2.53. The van der Waals surface area contributed by atoms with Crippen molar-refractivity contribution in [3.63, 3.8) is 0 Å². The fourth-order valence-electron chi connectivity index (χ4n) is 0.640. The predicted octanol–water partition coefficient (Wildman–Crippen LogP) is 1.25. The van der Waals surface area contributed by atoms with Crippen LogP contribution in [0.3, 0.4) is 0 Å². The highest BCUT2D eigenvalue weighted by Gasteiger charge is 2.10. The van der Waals surface area contributed by atoms with Crippen LogP contribution in [-0.4, -0.2) is 10.1 Å². The maximum Gasteiger partial charge on any atom is 0.286 e. The van der Waals surface area contributed by atoms with Gasteiger partial charge >= 0.3 is 0 Å². The molecule has 66 valence electrons. The number of nitrogens with zero attached hydrogens (tertiary/aromatic N) is 2. The molecule has 0 unspecified atom stereocenters. The minimum absolute atomic E-state index is 0.101. The van der Waals surface area contributed by atoms with Crippen LogP contribution in [-0.2, 0) is 6.54 Å². The summed E-state index contributed by atoms with van der Waals surface area (Å²) >= 11 is 0. The Hall–Kier alpha value is -1.23. The minimum Gasteiger partial charge on any atom is -0.331 e. The van der Waals surface area contributed by atoms with Crippen molar-refractivity contribution in [2.45, 2.75) is 20.4 Å². The van der Waals surface area contributed by atoms with Crippen molar-refractivity contribution in [3.05, 3.63) is 17.3 Å². The molecule has 1 rings (SSSR count). The van der Waals surface area contributed by atoms with Crippen molar-refractivity contribution in [2.75, 3.05) is 0 Å². The summed E-state index contributed by atoms with van der Waals surface area (Å²) in [4.78, 5) is 3.71. The lowest BCUT2D eigenvalue weighted by Gasteiger charge is -1.89. The zero-order valence-corrected chi connectivity index (χ0v) is 6.97. The van der Waals surface area contributed by atoms with Gasteiger partial charge in [0.25, 0.3) is 5.89 Å². The Morgan fingerprint density at radius 3 is 2.67 bits per heavy atom. The van der Waals surface area contributed by atoms with E-state index in [1.165, 1.54) is 0 Å². The third-order valence-electron chi connectivity index (χ3n) is 1.28. The van der Waals surface area contributed by atoms with Crippen LogP contribution in [0.5, 0.6) is 0 Å². The van der Waals surface area contributed by atoms with Crippen LogP contribution >= 0.6 is 0 Å². The first-order chi connectivity index (χ1) is 5.65. The van der Waals surface area contributed by atoms with Gasteiger partial charge in [0.2, 0.25) is 0 Å². The normalized spacial score (nSPS) is 10.0. The Labute approximate surface area is 69.3 Å². The van der Waals surface area contributed by atoms with Crippen molar-refractivity contribution < 1.29 is 8.91 Å². The molecule has 5 heteroatoms. The number of hydrogen-bond acceptors (Lipinski definition) is 4. The molecular formula is C7H10FN3O. The predicted molar refractivity (Wildman–Crippen MR) is 41.6 cm³/mol. The van der Waals surface area contributed by atoms with Crippen molar-refractivity contribution >= 4 is 5.83 Å². The van der Waals surface area contributed by atoms with E-state index < -0.39 is 5.83 Å². The molecule has 0 saturated carbocycles. The van der Waals surface area contributed by atoms with Crippen molar-refractivity contribution in [1.29, 1.82) is 0 Å². The second kappa shape index (κ2) is 3.44. The number of nitrogens with two attached hydrogens (primary N) is 1. The summed E-state index contributed by atoms with van der Waals surface area (Å²) in [6, 6.07) is 0. The molecule has 0 spiro atoms. The second-order valence-electron chi connectivity index (χ2n) is 2.53. The Morgan fingerprint density at radius 2 is 2.25 bits per heavy atom. The molecule has 12 heavy (non-hydrogen) atoms. The number of halogens is 1. The first-order valence-corrected chi connectivity index (χ1v) is 3.51. The monoisotopic (exact) mass is 171 g/mol. The van der Waals surface area contributed by atoms with Crippen LogP contribution in [0.2, 0.25) is 0 Å². The third-order valence-corrected chi connectivity index (χ3v) is 1.28. The zero-order chi connectivity index (χ0) is 9.14. The van der Waals surface area contributed by atoms with Gasteiger partial charge in [-0.15, -0.1) is 0 Å².